The van der Waals surface area contributed by atoms with Gasteiger partial charge < -0.3 is 21.3 Å². The fourth-order valence-electron chi connectivity index (χ4n) is 3.25. The molecule has 1 saturated heterocycles. The molecule has 0 radical (unpaired) electrons. The van der Waals surface area contributed by atoms with Crippen LogP contribution in [0.15, 0.2) is 54.6 Å². The minimum atomic E-state index is -0.467. The molecule has 1 fully saturated rings. The number of thioether (sulfide) groups is 1. The highest BCUT2D eigenvalue weighted by Crippen LogP contribution is 2.17. The maximum atomic E-state index is 12.3. The van der Waals surface area contributed by atoms with Crippen molar-refractivity contribution in [1.29, 1.82) is 0 Å². The van der Waals surface area contributed by atoms with Crippen molar-refractivity contribution in [1.82, 2.24) is 16.0 Å². The van der Waals surface area contributed by atoms with Crippen molar-refractivity contribution >= 4 is 46.8 Å². The van der Waals surface area contributed by atoms with Crippen LogP contribution < -0.4 is 26.6 Å². The molecule has 5 N–H and O–H groups in total. The van der Waals surface area contributed by atoms with Crippen LogP contribution in [-0.4, -0.2) is 40.9 Å². The summed E-state index contributed by atoms with van der Waals surface area (Å²) in [6.07, 6.45) is 0.368. The average Bonchev–Trinajstić information content (AvgIpc) is 2.78. The first-order chi connectivity index (χ1) is 15.9. The number of nitrogens with one attached hydrogen (secondary N) is 5. The summed E-state index contributed by atoms with van der Waals surface area (Å²) in [7, 11) is 0. The van der Waals surface area contributed by atoms with Gasteiger partial charge in [-0.2, -0.15) is 0 Å². The van der Waals surface area contributed by atoms with Crippen molar-refractivity contribution in [3.8, 4) is 0 Å². The number of hydrogen-bond donors (Lipinski definition) is 5. The monoisotopic (exact) mass is 469 g/mol. The third-order valence-electron chi connectivity index (χ3n) is 4.75. The Bertz CT molecular complexity index is 984. The van der Waals surface area contributed by atoms with Gasteiger partial charge in [0.05, 0.1) is 5.75 Å². The molecule has 0 spiro atoms. The third kappa shape index (κ3) is 8.59. The Morgan fingerprint density at radius 1 is 0.970 bits per heavy atom. The lowest BCUT2D eigenvalue weighted by Crippen LogP contribution is -2.56. The van der Waals surface area contributed by atoms with E-state index in [1.165, 1.54) is 18.7 Å². The van der Waals surface area contributed by atoms with Gasteiger partial charge in [-0.1, -0.05) is 30.3 Å². The lowest BCUT2D eigenvalue weighted by Gasteiger charge is -2.30. The van der Waals surface area contributed by atoms with Crippen molar-refractivity contribution < 1.29 is 19.2 Å². The van der Waals surface area contributed by atoms with Crippen LogP contribution >= 0.6 is 11.8 Å². The molecule has 10 heteroatoms. The molecule has 2 aromatic carbocycles. The zero-order valence-electron chi connectivity index (χ0n) is 18.2. The summed E-state index contributed by atoms with van der Waals surface area (Å²) < 4.78 is 0. The SMILES string of the molecule is CC(=O)Nc1ccc(NC(=O)CSC2NC(=O)CC(CC(=O)NCc3ccccc3)N2)cc1. The van der Waals surface area contributed by atoms with Crippen LogP contribution in [0.1, 0.15) is 25.3 Å². The van der Waals surface area contributed by atoms with E-state index in [1.54, 1.807) is 24.3 Å². The van der Waals surface area contributed by atoms with E-state index >= 15 is 0 Å². The van der Waals surface area contributed by atoms with Gasteiger partial charge in [-0.15, -0.1) is 11.8 Å². The number of anilines is 2. The average molecular weight is 470 g/mol. The fourth-order valence-corrected chi connectivity index (χ4v) is 4.15. The highest BCUT2D eigenvalue weighted by atomic mass is 32.2. The normalized spacial score (nSPS) is 17.5. The lowest BCUT2D eigenvalue weighted by atomic mass is 10.1. The van der Waals surface area contributed by atoms with E-state index in [2.05, 4.69) is 26.6 Å². The molecular formula is C23H27N5O4S. The molecule has 3 rings (SSSR count). The summed E-state index contributed by atoms with van der Waals surface area (Å²) in [4.78, 5) is 47.7. The van der Waals surface area contributed by atoms with Gasteiger partial charge in [0.1, 0.15) is 5.50 Å². The Kier molecular flexibility index (Phi) is 8.85. The molecular weight excluding hydrogens is 442 g/mol. The van der Waals surface area contributed by atoms with Crippen molar-refractivity contribution in [2.75, 3.05) is 16.4 Å². The van der Waals surface area contributed by atoms with Gasteiger partial charge in [-0.05, 0) is 29.8 Å². The number of carbonyl (C=O) groups excluding carboxylic acids is 4. The molecule has 0 bridgehead atoms. The summed E-state index contributed by atoms with van der Waals surface area (Å²) in [5.41, 5.74) is 1.78. The van der Waals surface area contributed by atoms with E-state index in [-0.39, 0.29) is 48.3 Å². The number of rotatable bonds is 9. The number of benzene rings is 2. The molecule has 4 amide bonds. The molecule has 0 aromatic heterocycles. The molecule has 174 valence electrons. The van der Waals surface area contributed by atoms with E-state index in [0.29, 0.717) is 17.9 Å². The first-order valence-corrected chi connectivity index (χ1v) is 11.6. The van der Waals surface area contributed by atoms with E-state index in [1.807, 2.05) is 30.3 Å². The van der Waals surface area contributed by atoms with Crippen LogP contribution in [0.25, 0.3) is 0 Å². The zero-order valence-corrected chi connectivity index (χ0v) is 19.0. The summed E-state index contributed by atoms with van der Waals surface area (Å²) in [5.74, 6) is -0.599. The highest BCUT2D eigenvalue weighted by Gasteiger charge is 2.28. The van der Waals surface area contributed by atoms with Gasteiger partial charge in [-0.25, -0.2) is 0 Å². The topological polar surface area (TPSA) is 128 Å². The number of carbonyl (C=O) groups is 4. The minimum Gasteiger partial charge on any atom is -0.352 e. The summed E-state index contributed by atoms with van der Waals surface area (Å²) in [6.45, 7) is 1.86. The predicted molar refractivity (Wildman–Crippen MR) is 128 cm³/mol. The Morgan fingerprint density at radius 2 is 1.64 bits per heavy atom. The van der Waals surface area contributed by atoms with Crippen LogP contribution in [0.3, 0.4) is 0 Å². The van der Waals surface area contributed by atoms with Gasteiger partial charge in [0.15, 0.2) is 0 Å². The summed E-state index contributed by atoms with van der Waals surface area (Å²) in [6, 6.07) is 16.1. The smallest absolute Gasteiger partial charge is 0.234 e. The maximum Gasteiger partial charge on any atom is 0.234 e. The van der Waals surface area contributed by atoms with E-state index in [9.17, 15) is 19.2 Å². The number of amides is 4. The molecule has 33 heavy (non-hydrogen) atoms. The molecule has 2 unspecified atom stereocenters. The lowest BCUT2D eigenvalue weighted by molar-refractivity contribution is -0.125. The largest absolute Gasteiger partial charge is 0.352 e. The van der Waals surface area contributed by atoms with Crippen molar-refractivity contribution in [3.05, 3.63) is 60.2 Å². The molecule has 1 heterocycles. The first kappa shape index (κ1) is 24.3. The van der Waals surface area contributed by atoms with Crippen LogP contribution in [0.4, 0.5) is 11.4 Å². The Morgan fingerprint density at radius 3 is 2.30 bits per heavy atom. The molecule has 0 saturated carbocycles. The molecule has 1 aliphatic heterocycles. The molecule has 1 aliphatic rings. The van der Waals surface area contributed by atoms with Crippen LogP contribution in [0.2, 0.25) is 0 Å². The van der Waals surface area contributed by atoms with Gasteiger partial charge in [0.2, 0.25) is 23.6 Å². The van der Waals surface area contributed by atoms with E-state index < -0.39 is 5.50 Å². The van der Waals surface area contributed by atoms with E-state index in [0.717, 1.165) is 5.56 Å². The van der Waals surface area contributed by atoms with Crippen molar-refractivity contribution in [2.24, 2.45) is 0 Å². The minimum absolute atomic E-state index is 0.109. The predicted octanol–water partition coefficient (Wildman–Crippen LogP) is 1.78. The Hall–Kier alpha value is -3.37. The maximum absolute atomic E-state index is 12.3. The third-order valence-corrected chi connectivity index (χ3v) is 5.76. The van der Waals surface area contributed by atoms with E-state index in [4.69, 9.17) is 0 Å². The molecule has 2 aromatic rings. The Labute approximate surface area is 196 Å². The highest BCUT2D eigenvalue weighted by molar-refractivity contribution is 8.00. The summed E-state index contributed by atoms with van der Waals surface area (Å²) in [5, 5.41) is 14.3. The summed E-state index contributed by atoms with van der Waals surface area (Å²) >= 11 is 1.24. The van der Waals surface area contributed by atoms with Gasteiger partial charge >= 0.3 is 0 Å². The van der Waals surface area contributed by atoms with Gasteiger partial charge in [0.25, 0.3) is 0 Å². The fraction of sp³-hybridized carbons (Fsp3) is 0.304. The second-order valence-corrected chi connectivity index (χ2v) is 8.69. The first-order valence-electron chi connectivity index (χ1n) is 10.5. The van der Waals surface area contributed by atoms with Gasteiger partial charge in [-0.3, -0.25) is 24.5 Å². The van der Waals surface area contributed by atoms with Crippen molar-refractivity contribution in [3.63, 3.8) is 0 Å². The van der Waals surface area contributed by atoms with Crippen LogP contribution in [0.5, 0.6) is 0 Å². The molecule has 9 nitrogen and oxygen atoms in total. The second-order valence-electron chi connectivity index (χ2n) is 7.60. The molecule has 0 aliphatic carbocycles. The standard InChI is InChI=1S/C23H27N5O4S/c1-15(29)25-17-7-9-18(10-8-17)26-22(32)14-33-23-27-19(12-21(31)28-23)11-20(30)24-13-16-5-3-2-4-6-16/h2-10,19,23,27H,11-14H2,1H3,(H,24,30)(H,25,29)(H,26,32)(H,28,31). The van der Waals surface area contributed by atoms with Crippen LogP contribution in [-0.2, 0) is 25.7 Å². The Balaban J connectivity index is 1.41. The van der Waals surface area contributed by atoms with Crippen LogP contribution in [0, 0.1) is 0 Å². The van der Waals surface area contributed by atoms with Crippen molar-refractivity contribution in [2.45, 2.75) is 37.8 Å². The number of hydrogen-bond acceptors (Lipinski definition) is 6. The second kappa shape index (κ2) is 12.0. The quantitative estimate of drug-likeness (QED) is 0.381. The van der Waals surface area contributed by atoms with Gasteiger partial charge in [0, 0.05) is 43.7 Å². The zero-order chi connectivity index (χ0) is 23.6. The molecule has 2 atom stereocenters.